The minimum atomic E-state index is -0.0781. The number of rotatable bonds is 0. The molecule has 4 aromatic rings. The fourth-order valence-electron chi connectivity index (χ4n) is 2.37. The number of phenolic OH excluding ortho intramolecular Hbond substituents is 1. The molecule has 0 atom stereocenters. The van der Waals surface area contributed by atoms with E-state index in [0.717, 1.165) is 10.8 Å². The molecule has 3 aromatic carbocycles. The second-order valence-corrected chi connectivity index (χ2v) is 10.2. The predicted octanol–water partition coefficient (Wildman–Crippen LogP) is 1.76. The third-order valence-corrected chi connectivity index (χ3v) is 10.2. The van der Waals surface area contributed by atoms with Crippen LogP contribution in [-0.4, -0.2) is 30.4 Å². The van der Waals surface area contributed by atoms with Crippen molar-refractivity contribution in [2.45, 2.75) is 0 Å². The molecule has 0 saturated carbocycles. The topological polar surface area (TPSA) is 37.3 Å². The van der Waals surface area contributed by atoms with E-state index in [0.29, 0.717) is 30.7 Å². The van der Waals surface area contributed by atoms with Gasteiger partial charge in [-0.25, -0.2) is 0 Å². The summed E-state index contributed by atoms with van der Waals surface area (Å²) in [7, 11) is 0. The molecule has 17 heavy (non-hydrogen) atoms. The van der Waals surface area contributed by atoms with Gasteiger partial charge in [0.05, 0.1) is 0 Å². The first-order valence-electron chi connectivity index (χ1n) is 5.15. The Bertz CT molecular complexity index is 917. The first-order valence-corrected chi connectivity index (χ1v) is 11.2. The van der Waals surface area contributed by atoms with Crippen LogP contribution < -0.4 is 5.43 Å². The fourth-order valence-corrected chi connectivity index (χ4v) is 9.82. The van der Waals surface area contributed by atoms with Crippen LogP contribution >= 0.6 is 0 Å². The van der Waals surface area contributed by atoms with Gasteiger partial charge in [-0.2, -0.15) is 0 Å². The summed E-state index contributed by atoms with van der Waals surface area (Å²) in [5.41, 5.74) is -0.0781. The van der Waals surface area contributed by atoms with Crippen LogP contribution in [0.2, 0.25) is 0 Å². The summed E-state index contributed by atoms with van der Waals surface area (Å²) in [6, 6.07) is 9.45. The molecule has 82 valence electrons. The first-order chi connectivity index (χ1) is 8.25. The van der Waals surface area contributed by atoms with Crippen LogP contribution in [0.5, 0.6) is 5.75 Å². The Balaban J connectivity index is 2.57. The zero-order valence-electron chi connectivity index (χ0n) is 8.56. The van der Waals surface area contributed by atoms with Crippen LogP contribution in [-0.2, 0) is 0 Å². The van der Waals surface area contributed by atoms with Crippen LogP contribution in [0.3, 0.4) is 0 Å². The Morgan fingerprint density at radius 3 is 2.53 bits per heavy atom. The molecule has 0 bridgehead atoms. The Labute approximate surface area is 106 Å². The Morgan fingerprint density at radius 1 is 0.882 bits per heavy atom. The third-order valence-electron chi connectivity index (χ3n) is 3.10. The Hall–Kier alpha value is -1.05. The first kappa shape index (κ1) is 9.93. The van der Waals surface area contributed by atoms with E-state index in [-0.39, 0.29) is 11.2 Å². The van der Waals surface area contributed by atoms with Gasteiger partial charge in [0.15, 0.2) is 0 Å². The van der Waals surface area contributed by atoms with E-state index < -0.39 is 0 Å². The summed E-state index contributed by atoms with van der Waals surface area (Å²) < 4.78 is 2.64. The number of phenols is 1. The van der Waals surface area contributed by atoms with Crippen LogP contribution in [0.4, 0.5) is 0 Å². The summed E-state index contributed by atoms with van der Waals surface area (Å²) in [5, 5.41) is 13.8. The zero-order chi connectivity index (χ0) is 11.6. The molecule has 1 aromatic heterocycles. The molecule has 0 unspecified atom stereocenters. The van der Waals surface area contributed by atoms with Crippen molar-refractivity contribution in [1.29, 1.82) is 0 Å². The van der Waals surface area contributed by atoms with Gasteiger partial charge < -0.3 is 0 Å². The maximum absolute atomic E-state index is 11.9. The monoisotopic (exact) mass is 354 g/mol. The normalized spacial score (nSPS) is 12.0. The van der Waals surface area contributed by atoms with Crippen LogP contribution in [0.25, 0.3) is 30.1 Å². The van der Waals surface area contributed by atoms with Crippen molar-refractivity contribution in [3.63, 3.8) is 0 Å². The van der Waals surface area contributed by atoms with E-state index >= 15 is 0 Å². The predicted molar refractivity (Wildman–Crippen MR) is 72.0 cm³/mol. The van der Waals surface area contributed by atoms with Crippen molar-refractivity contribution in [1.82, 2.24) is 0 Å². The molecule has 0 amide bonds. The minimum absolute atomic E-state index is 0.0781. The van der Waals surface area contributed by atoms with Gasteiger partial charge in [-0.3, -0.25) is 0 Å². The van der Waals surface area contributed by atoms with Gasteiger partial charge in [0.2, 0.25) is 0 Å². The van der Waals surface area contributed by atoms with E-state index in [1.165, 1.54) is 13.9 Å². The summed E-state index contributed by atoms with van der Waals surface area (Å²) in [5.74, 6) is 0.153. The third kappa shape index (κ3) is 1.19. The van der Waals surface area contributed by atoms with E-state index in [2.05, 4.69) is 12.1 Å². The van der Waals surface area contributed by atoms with E-state index in [1.54, 1.807) is 12.1 Å². The second kappa shape index (κ2) is 3.24. The van der Waals surface area contributed by atoms with Gasteiger partial charge in [-0.1, -0.05) is 0 Å². The molecular formula is C13H6O2Se2. The van der Waals surface area contributed by atoms with Crippen LogP contribution in [0.1, 0.15) is 0 Å². The average molecular weight is 352 g/mol. The molecule has 1 heterocycles. The van der Waals surface area contributed by atoms with E-state index in [4.69, 9.17) is 0 Å². The second-order valence-electron chi connectivity index (χ2n) is 4.04. The van der Waals surface area contributed by atoms with Gasteiger partial charge >= 0.3 is 107 Å². The molecule has 4 rings (SSSR count). The molecule has 4 heteroatoms. The summed E-state index contributed by atoms with van der Waals surface area (Å²) in [6.45, 7) is 0. The fraction of sp³-hybridized carbons (Fsp3) is 0. The average Bonchev–Trinajstić information content (AvgIpc) is 2.73. The number of hydrogen-bond donors (Lipinski definition) is 1. The summed E-state index contributed by atoms with van der Waals surface area (Å²) in [6.07, 6.45) is 0. The van der Waals surface area contributed by atoms with Crippen LogP contribution in [0, 0.1) is 0 Å². The molecule has 0 radical (unpaired) electrons. The molecular weight excluding hydrogens is 346 g/mol. The molecule has 0 aliphatic rings. The SMILES string of the molecule is O=c1ccc2ccc3[se][se]c4cc(O)c1c2c34. The molecule has 0 aliphatic carbocycles. The van der Waals surface area contributed by atoms with Gasteiger partial charge in [0, 0.05) is 0 Å². The molecule has 0 fully saturated rings. The van der Waals surface area contributed by atoms with Crippen molar-refractivity contribution in [2.24, 2.45) is 0 Å². The van der Waals surface area contributed by atoms with E-state index in [1.807, 2.05) is 6.07 Å². The van der Waals surface area contributed by atoms with Gasteiger partial charge in [0.25, 0.3) is 0 Å². The van der Waals surface area contributed by atoms with Crippen molar-refractivity contribution in [3.8, 4) is 5.75 Å². The maximum atomic E-state index is 11.9. The number of benzene rings is 3. The molecule has 0 saturated heterocycles. The van der Waals surface area contributed by atoms with Crippen LogP contribution in [0.15, 0.2) is 35.1 Å². The number of aromatic hydroxyl groups is 1. The number of hydrogen-bond acceptors (Lipinski definition) is 2. The van der Waals surface area contributed by atoms with Crippen molar-refractivity contribution in [3.05, 3.63) is 40.6 Å². The van der Waals surface area contributed by atoms with Crippen molar-refractivity contribution < 1.29 is 5.11 Å². The van der Waals surface area contributed by atoms with Gasteiger partial charge in [-0.05, 0) is 0 Å². The summed E-state index contributed by atoms with van der Waals surface area (Å²) in [4.78, 5) is 11.9. The van der Waals surface area contributed by atoms with Crippen molar-refractivity contribution >= 4 is 55.3 Å². The Kier molecular flexibility index (Phi) is 1.89. The van der Waals surface area contributed by atoms with E-state index in [9.17, 15) is 9.90 Å². The van der Waals surface area contributed by atoms with Gasteiger partial charge in [-0.15, -0.1) is 0 Å². The van der Waals surface area contributed by atoms with Crippen molar-refractivity contribution in [2.75, 3.05) is 0 Å². The Morgan fingerprint density at radius 2 is 1.65 bits per heavy atom. The molecule has 0 aliphatic heterocycles. The summed E-state index contributed by atoms with van der Waals surface area (Å²) >= 11 is 0.956. The quantitative estimate of drug-likeness (QED) is 0.490. The van der Waals surface area contributed by atoms with Gasteiger partial charge in [0.1, 0.15) is 0 Å². The standard InChI is InChI=1S/C13H6O2Se2/c14-7-3-1-6-2-4-9-13-10(17-16-9)5-8(15)12(7)11(6)13/h1-5,15H. The molecule has 1 N–H and O–H groups in total. The molecule has 0 spiro atoms. The zero-order valence-corrected chi connectivity index (χ0v) is 12.0. The molecule has 2 nitrogen and oxygen atoms in total.